The smallest absolute Gasteiger partial charge is 0.224 e. The van der Waals surface area contributed by atoms with Crippen LogP contribution in [0.2, 0.25) is 5.28 Å². The van der Waals surface area contributed by atoms with Gasteiger partial charge in [0, 0.05) is 6.20 Å². The van der Waals surface area contributed by atoms with Crippen LogP contribution >= 0.6 is 11.6 Å². The van der Waals surface area contributed by atoms with Crippen molar-refractivity contribution in [2.75, 3.05) is 11.9 Å². The highest BCUT2D eigenvalue weighted by Gasteiger charge is 2.10. The standard InChI is InChI=1S/C12H12ClN3O/c13-12-14-7-6-11(16-12)15-10(8-17)9-4-2-1-3-5-9/h1-7,10,17H,8H2,(H,14,15,16). The first-order valence-electron chi connectivity index (χ1n) is 5.20. The number of anilines is 1. The molecule has 0 aliphatic heterocycles. The van der Waals surface area contributed by atoms with Gasteiger partial charge in [0.1, 0.15) is 5.82 Å². The fraction of sp³-hybridized carbons (Fsp3) is 0.167. The minimum atomic E-state index is -0.206. The number of aromatic nitrogens is 2. The molecule has 2 N–H and O–H groups in total. The van der Waals surface area contributed by atoms with E-state index < -0.39 is 0 Å². The summed E-state index contributed by atoms with van der Waals surface area (Å²) in [6.07, 6.45) is 1.57. The van der Waals surface area contributed by atoms with Crippen molar-refractivity contribution in [2.24, 2.45) is 0 Å². The van der Waals surface area contributed by atoms with E-state index in [-0.39, 0.29) is 17.9 Å². The van der Waals surface area contributed by atoms with E-state index >= 15 is 0 Å². The molecule has 1 unspecified atom stereocenters. The number of halogens is 1. The van der Waals surface area contributed by atoms with Crippen molar-refractivity contribution >= 4 is 17.4 Å². The van der Waals surface area contributed by atoms with Crippen molar-refractivity contribution in [3.63, 3.8) is 0 Å². The van der Waals surface area contributed by atoms with Crippen molar-refractivity contribution in [1.29, 1.82) is 0 Å². The fourth-order valence-corrected chi connectivity index (χ4v) is 1.66. The van der Waals surface area contributed by atoms with E-state index in [1.807, 2.05) is 30.3 Å². The molecule has 0 saturated carbocycles. The molecule has 5 heteroatoms. The second kappa shape index (κ2) is 5.61. The molecule has 1 aromatic heterocycles. The molecule has 4 nitrogen and oxygen atoms in total. The van der Waals surface area contributed by atoms with E-state index in [9.17, 15) is 5.11 Å². The molecule has 1 atom stereocenters. The lowest BCUT2D eigenvalue weighted by atomic mass is 10.1. The predicted octanol–water partition coefficient (Wildman–Crippen LogP) is 2.28. The van der Waals surface area contributed by atoms with Crippen LogP contribution in [-0.4, -0.2) is 21.7 Å². The molecule has 0 aliphatic carbocycles. The monoisotopic (exact) mass is 249 g/mol. The fourth-order valence-electron chi connectivity index (χ4n) is 1.51. The minimum Gasteiger partial charge on any atom is -0.394 e. The molecular weight excluding hydrogens is 238 g/mol. The Balaban J connectivity index is 2.16. The van der Waals surface area contributed by atoms with Crippen LogP contribution in [0.3, 0.4) is 0 Å². The summed E-state index contributed by atoms with van der Waals surface area (Å²) >= 11 is 5.69. The predicted molar refractivity (Wildman–Crippen MR) is 66.9 cm³/mol. The molecule has 0 bridgehead atoms. The SMILES string of the molecule is OCC(Nc1ccnc(Cl)n1)c1ccccc1. The second-order valence-electron chi connectivity index (χ2n) is 3.50. The van der Waals surface area contributed by atoms with Crippen LogP contribution in [-0.2, 0) is 0 Å². The molecule has 1 heterocycles. The molecule has 0 aliphatic rings. The van der Waals surface area contributed by atoms with Gasteiger partial charge in [0.2, 0.25) is 5.28 Å². The van der Waals surface area contributed by atoms with Gasteiger partial charge in [-0.15, -0.1) is 0 Å². The number of benzene rings is 1. The second-order valence-corrected chi connectivity index (χ2v) is 3.84. The molecule has 0 fully saturated rings. The molecule has 0 amide bonds. The van der Waals surface area contributed by atoms with Crippen LogP contribution in [0.15, 0.2) is 42.6 Å². The van der Waals surface area contributed by atoms with Gasteiger partial charge >= 0.3 is 0 Å². The van der Waals surface area contributed by atoms with Gasteiger partial charge in [0.25, 0.3) is 0 Å². The van der Waals surface area contributed by atoms with Crippen molar-refractivity contribution in [1.82, 2.24) is 9.97 Å². The average molecular weight is 250 g/mol. The van der Waals surface area contributed by atoms with Gasteiger partial charge in [-0.2, -0.15) is 0 Å². The highest BCUT2D eigenvalue weighted by Crippen LogP contribution is 2.17. The van der Waals surface area contributed by atoms with E-state index in [1.165, 1.54) is 0 Å². The maximum Gasteiger partial charge on any atom is 0.224 e. The van der Waals surface area contributed by atoms with Crippen molar-refractivity contribution in [2.45, 2.75) is 6.04 Å². The van der Waals surface area contributed by atoms with Gasteiger partial charge in [-0.05, 0) is 23.2 Å². The normalized spacial score (nSPS) is 12.1. The molecular formula is C12H12ClN3O. The molecule has 88 valence electrons. The van der Waals surface area contributed by atoms with Gasteiger partial charge in [-0.1, -0.05) is 30.3 Å². The largest absolute Gasteiger partial charge is 0.394 e. The zero-order valence-electron chi connectivity index (χ0n) is 9.05. The lowest BCUT2D eigenvalue weighted by Gasteiger charge is -2.17. The first kappa shape index (κ1) is 11.8. The Labute approximate surface area is 104 Å². The van der Waals surface area contributed by atoms with E-state index in [0.29, 0.717) is 5.82 Å². The number of hydrogen-bond acceptors (Lipinski definition) is 4. The molecule has 17 heavy (non-hydrogen) atoms. The number of hydrogen-bond donors (Lipinski definition) is 2. The van der Waals surface area contributed by atoms with Crippen LogP contribution in [0.25, 0.3) is 0 Å². The third-order valence-corrected chi connectivity index (χ3v) is 2.51. The molecule has 0 spiro atoms. The quantitative estimate of drug-likeness (QED) is 0.817. The summed E-state index contributed by atoms with van der Waals surface area (Å²) in [7, 11) is 0. The van der Waals surface area contributed by atoms with Crippen LogP contribution < -0.4 is 5.32 Å². The maximum absolute atomic E-state index is 9.37. The molecule has 2 rings (SSSR count). The number of aliphatic hydroxyl groups is 1. The van der Waals surface area contributed by atoms with Crippen LogP contribution in [0, 0.1) is 0 Å². The summed E-state index contributed by atoms with van der Waals surface area (Å²) in [5, 5.41) is 12.7. The van der Waals surface area contributed by atoms with Gasteiger partial charge in [0.15, 0.2) is 0 Å². The number of aliphatic hydroxyl groups excluding tert-OH is 1. The van der Waals surface area contributed by atoms with Gasteiger partial charge < -0.3 is 10.4 Å². The number of nitrogens with one attached hydrogen (secondary N) is 1. The Morgan fingerprint density at radius 1 is 1.24 bits per heavy atom. The molecule has 1 aromatic carbocycles. The topological polar surface area (TPSA) is 58.0 Å². The van der Waals surface area contributed by atoms with Crippen molar-refractivity contribution in [3.05, 3.63) is 53.4 Å². The zero-order chi connectivity index (χ0) is 12.1. The summed E-state index contributed by atoms with van der Waals surface area (Å²) in [6.45, 7) is -0.0222. The van der Waals surface area contributed by atoms with Gasteiger partial charge in [-0.3, -0.25) is 0 Å². The van der Waals surface area contributed by atoms with E-state index in [1.54, 1.807) is 12.3 Å². The highest BCUT2D eigenvalue weighted by molar-refractivity contribution is 6.28. The number of nitrogens with zero attached hydrogens (tertiary/aromatic N) is 2. The summed E-state index contributed by atoms with van der Waals surface area (Å²) in [5.41, 5.74) is 0.990. The molecule has 2 aromatic rings. The third kappa shape index (κ3) is 3.15. The van der Waals surface area contributed by atoms with E-state index in [4.69, 9.17) is 11.6 Å². The summed E-state index contributed by atoms with van der Waals surface area (Å²) in [5.74, 6) is 0.591. The summed E-state index contributed by atoms with van der Waals surface area (Å²) in [4.78, 5) is 7.82. The molecule has 0 saturated heterocycles. The van der Waals surface area contributed by atoms with Crippen molar-refractivity contribution < 1.29 is 5.11 Å². The van der Waals surface area contributed by atoms with Crippen molar-refractivity contribution in [3.8, 4) is 0 Å². The first-order chi connectivity index (χ1) is 8.29. The lowest BCUT2D eigenvalue weighted by Crippen LogP contribution is -2.15. The Hall–Kier alpha value is -1.65. The Morgan fingerprint density at radius 3 is 2.65 bits per heavy atom. The summed E-state index contributed by atoms with van der Waals surface area (Å²) in [6, 6.07) is 11.2. The van der Waals surface area contributed by atoms with Gasteiger partial charge in [0.05, 0.1) is 12.6 Å². The highest BCUT2D eigenvalue weighted by atomic mass is 35.5. The van der Waals surface area contributed by atoms with Crippen LogP contribution in [0.1, 0.15) is 11.6 Å². The average Bonchev–Trinajstić information content (AvgIpc) is 2.37. The van der Waals surface area contributed by atoms with E-state index in [2.05, 4.69) is 15.3 Å². The Bertz CT molecular complexity index is 478. The van der Waals surface area contributed by atoms with Gasteiger partial charge in [-0.25, -0.2) is 9.97 Å². The lowest BCUT2D eigenvalue weighted by molar-refractivity contribution is 0.276. The number of rotatable bonds is 4. The Morgan fingerprint density at radius 2 is 2.00 bits per heavy atom. The first-order valence-corrected chi connectivity index (χ1v) is 5.58. The minimum absolute atomic E-state index is 0.0222. The van der Waals surface area contributed by atoms with E-state index in [0.717, 1.165) is 5.56 Å². The summed E-state index contributed by atoms with van der Waals surface area (Å²) < 4.78 is 0. The van der Waals surface area contributed by atoms with Crippen LogP contribution in [0.4, 0.5) is 5.82 Å². The van der Waals surface area contributed by atoms with Crippen LogP contribution in [0.5, 0.6) is 0 Å². The molecule has 0 radical (unpaired) electrons. The maximum atomic E-state index is 9.37. The third-order valence-electron chi connectivity index (χ3n) is 2.33. The zero-order valence-corrected chi connectivity index (χ0v) is 9.80. The Kier molecular flexibility index (Phi) is 3.90.